The molecule has 0 spiro atoms. The zero-order valence-corrected chi connectivity index (χ0v) is 26.8. The molecule has 2 heterocycles. The topological polar surface area (TPSA) is 143 Å². The molecule has 0 amide bonds. The maximum Gasteiger partial charge on any atom is 1.00 e. The number of phosphoric acid groups is 1. The minimum atomic E-state index is -5.47. The summed E-state index contributed by atoms with van der Waals surface area (Å²) in [6.07, 6.45) is 8.05. The van der Waals surface area contributed by atoms with E-state index in [1.807, 2.05) is 6.07 Å². The summed E-state index contributed by atoms with van der Waals surface area (Å²) in [5, 5.41) is 11.5. The summed E-state index contributed by atoms with van der Waals surface area (Å²) in [4.78, 5) is 25.6. The van der Waals surface area contributed by atoms with Gasteiger partial charge in [0.05, 0.1) is 36.6 Å². The third-order valence-corrected chi connectivity index (χ3v) is 8.26. The van der Waals surface area contributed by atoms with Crippen LogP contribution in [0.4, 0.5) is 13.2 Å². The molecule has 0 saturated carbocycles. The number of hydrogen-bond donors (Lipinski definition) is 1. The Hall–Kier alpha value is -2.28. The average molecular weight is 645 g/mol. The number of nitrogens with zero attached hydrogens (tertiary/aromatic N) is 4. The fourth-order valence-electron chi connectivity index (χ4n) is 4.31. The molecule has 4 rings (SSSR count). The van der Waals surface area contributed by atoms with Gasteiger partial charge in [0.2, 0.25) is 0 Å². The molecule has 1 aromatic heterocycles. The Kier molecular flexibility index (Phi) is 12.8. The number of ether oxygens (including phenoxy) is 2. The van der Waals surface area contributed by atoms with Crippen LogP contribution >= 0.6 is 19.6 Å². The van der Waals surface area contributed by atoms with E-state index in [4.69, 9.17) is 19.3 Å². The fourth-order valence-corrected chi connectivity index (χ4v) is 6.47. The monoisotopic (exact) mass is 644 g/mol. The Labute approximate surface area is 272 Å². The number of phosphoric ester groups is 1. The Morgan fingerprint density at radius 3 is 2.60 bits per heavy atom. The van der Waals surface area contributed by atoms with Crippen molar-refractivity contribution < 1.29 is 71.1 Å². The van der Waals surface area contributed by atoms with E-state index in [1.54, 1.807) is 25.2 Å². The molecule has 16 heteroatoms. The minimum absolute atomic E-state index is 0. The third-order valence-electron chi connectivity index (χ3n) is 6.26. The van der Waals surface area contributed by atoms with Crippen LogP contribution in [0.15, 0.2) is 67.3 Å². The van der Waals surface area contributed by atoms with Crippen LogP contribution in [0.25, 0.3) is 6.08 Å². The molecule has 3 aromatic rings. The molecule has 1 aliphatic rings. The Balaban J connectivity index is 0.00000506. The van der Waals surface area contributed by atoms with Gasteiger partial charge in [-0.15, -0.1) is 11.8 Å². The summed E-state index contributed by atoms with van der Waals surface area (Å²) in [5.74, 6) is -2.49. The molecular weight excluding hydrogens is 619 g/mol. The molecule has 3 atom stereocenters. The van der Waals surface area contributed by atoms with E-state index in [1.165, 1.54) is 35.5 Å². The number of aromatic nitrogens is 3. The van der Waals surface area contributed by atoms with Crippen LogP contribution in [0.2, 0.25) is 0 Å². The van der Waals surface area contributed by atoms with E-state index in [2.05, 4.69) is 10.1 Å². The van der Waals surface area contributed by atoms with Crippen LogP contribution in [0.1, 0.15) is 23.6 Å². The average Bonchev–Trinajstić information content (AvgIpc) is 3.44. The molecule has 1 saturated heterocycles. The first kappa shape index (κ1) is 35.2. The standard InChI is InChI=1S/C27H26F3N4O6PS.Na/c1-18(27(40-41(35,36)37,15-34-17-32-16-33-34)23-9-8-21(28)11-25(23)30)42-22-13-38-26(39-14-22)5-3-2-4-20-7-6-19(12-31)10-24(20)29;/h2-11,16-18,22,26H,13-15H2,1H3,(H2,35,36,37);/q;+1/p-1/b4-2+,5-3+;. The molecule has 1 aliphatic heterocycles. The number of thioether (sulfide) groups is 1. The van der Waals surface area contributed by atoms with Gasteiger partial charge in [-0.2, -0.15) is 10.4 Å². The van der Waals surface area contributed by atoms with Crippen molar-refractivity contribution in [3.63, 3.8) is 0 Å². The predicted molar refractivity (Wildman–Crippen MR) is 145 cm³/mol. The molecule has 1 fully saturated rings. The van der Waals surface area contributed by atoms with Crippen LogP contribution in [0, 0.1) is 28.8 Å². The number of benzene rings is 2. The molecule has 0 bridgehead atoms. The predicted octanol–water partition coefficient (Wildman–Crippen LogP) is 1.08. The molecule has 10 nitrogen and oxygen atoms in total. The van der Waals surface area contributed by atoms with Gasteiger partial charge in [0.15, 0.2) is 6.29 Å². The zero-order valence-electron chi connectivity index (χ0n) is 23.0. The Morgan fingerprint density at radius 2 is 2.00 bits per heavy atom. The number of allylic oxidation sites excluding steroid dienone is 2. The first-order valence-corrected chi connectivity index (χ1v) is 14.9. The van der Waals surface area contributed by atoms with Gasteiger partial charge in [0.25, 0.3) is 7.82 Å². The summed E-state index contributed by atoms with van der Waals surface area (Å²) in [6, 6.07) is 8.60. The van der Waals surface area contributed by atoms with Crippen molar-refractivity contribution in [2.45, 2.75) is 35.9 Å². The number of rotatable bonds is 11. The molecule has 2 aromatic carbocycles. The van der Waals surface area contributed by atoms with Crippen molar-refractivity contribution in [2.24, 2.45) is 0 Å². The van der Waals surface area contributed by atoms with E-state index in [-0.39, 0.29) is 65.7 Å². The van der Waals surface area contributed by atoms with Crippen LogP contribution in [0.5, 0.6) is 0 Å². The zero-order chi connectivity index (χ0) is 30.3. The van der Waals surface area contributed by atoms with Gasteiger partial charge in [0, 0.05) is 22.4 Å². The van der Waals surface area contributed by atoms with E-state index >= 15 is 4.39 Å². The second-order valence-electron chi connectivity index (χ2n) is 9.19. The maximum atomic E-state index is 15.1. The molecule has 3 unspecified atom stereocenters. The van der Waals surface area contributed by atoms with Crippen LogP contribution in [-0.4, -0.2) is 49.7 Å². The normalized spacial score (nSPS) is 20.7. The second-order valence-corrected chi connectivity index (χ2v) is 12.0. The summed E-state index contributed by atoms with van der Waals surface area (Å²) in [7, 11) is -5.47. The largest absolute Gasteiger partial charge is 1.00 e. The Morgan fingerprint density at radius 1 is 1.26 bits per heavy atom. The molecule has 222 valence electrons. The summed E-state index contributed by atoms with van der Waals surface area (Å²) in [6.45, 7) is 1.48. The van der Waals surface area contributed by atoms with Crippen LogP contribution in [-0.2, 0) is 30.7 Å². The number of nitriles is 1. The van der Waals surface area contributed by atoms with Crippen molar-refractivity contribution in [2.75, 3.05) is 13.2 Å². The van der Waals surface area contributed by atoms with Gasteiger partial charge in [0.1, 0.15) is 35.7 Å². The molecule has 0 radical (unpaired) electrons. The van der Waals surface area contributed by atoms with Gasteiger partial charge in [-0.05, 0) is 24.3 Å². The molecular formula is C27H25F3N4NaO6PS. The Bertz CT molecular complexity index is 1530. The van der Waals surface area contributed by atoms with Gasteiger partial charge in [-0.1, -0.05) is 37.3 Å². The van der Waals surface area contributed by atoms with Gasteiger partial charge >= 0.3 is 29.6 Å². The van der Waals surface area contributed by atoms with Crippen molar-refractivity contribution in [3.05, 3.63) is 101 Å². The van der Waals surface area contributed by atoms with Crippen molar-refractivity contribution in [1.82, 2.24) is 14.8 Å². The fraction of sp³-hybridized carbons (Fsp3) is 0.296. The number of halogens is 3. The van der Waals surface area contributed by atoms with Gasteiger partial charge in [-0.3, -0.25) is 4.57 Å². The van der Waals surface area contributed by atoms with Crippen molar-refractivity contribution in [1.29, 1.82) is 5.26 Å². The van der Waals surface area contributed by atoms with Crippen molar-refractivity contribution in [3.8, 4) is 6.07 Å². The van der Waals surface area contributed by atoms with E-state index < -0.39 is 42.4 Å². The quantitative estimate of drug-likeness (QED) is 0.183. The maximum absolute atomic E-state index is 15.1. The first-order chi connectivity index (χ1) is 20.0. The summed E-state index contributed by atoms with van der Waals surface area (Å²) < 4.78 is 72.8. The van der Waals surface area contributed by atoms with Crippen molar-refractivity contribution >= 4 is 25.7 Å². The van der Waals surface area contributed by atoms with E-state index in [0.717, 1.165) is 30.0 Å². The van der Waals surface area contributed by atoms with E-state index in [0.29, 0.717) is 11.6 Å². The van der Waals surface area contributed by atoms with Crippen LogP contribution in [0.3, 0.4) is 0 Å². The molecule has 1 N–H and O–H groups in total. The van der Waals surface area contributed by atoms with Gasteiger partial charge < -0.3 is 23.8 Å². The summed E-state index contributed by atoms with van der Waals surface area (Å²) in [5.41, 5.74) is -1.86. The third kappa shape index (κ3) is 9.60. The van der Waals surface area contributed by atoms with Gasteiger partial charge in [-0.25, -0.2) is 22.8 Å². The smallest absolute Gasteiger partial charge is 0.756 e. The van der Waals surface area contributed by atoms with Crippen LogP contribution < -0.4 is 34.5 Å². The first-order valence-electron chi connectivity index (χ1n) is 12.4. The molecule has 43 heavy (non-hydrogen) atoms. The minimum Gasteiger partial charge on any atom is -0.756 e. The SMILES string of the molecule is CC(SC1COC(/C=C/C=C/c2ccc(C#N)cc2F)OC1)C(Cn1cncn1)(OP(=O)([O-])O)c1ccc(F)cc1F.[Na+]. The second kappa shape index (κ2) is 15.6. The molecule has 0 aliphatic carbocycles. The number of hydrogen-bond acceptors (Lipinski definition) is 9. The summed E-state index contributed by atoms with van der Waals surface area (Å²) >= 11 is 1.16. The van der Waals surface area contributed by atoms with E-state index in [9.17, 15) is 23.1 Å².